The van der Waals surface area contributed by atoms with Crippen LogP contribution in [-0.4, -0.2) is 17.0 Å². The molecular formula is C22H18Cl2N2O2. The molecule has 1 aliphatic rings. The lowest BCUT2D eigenvalue weighted by Gasteiger charge is -2.29. The summed E-state index contributed by atoms with van der Waals surface area (Å²) in [6.45, 7) is 0.875. The number of nitrogens with zero attached hydrogens (tertiary/aromatic N) is 2. The van der Waals surface area contributed by atoms with Crippen LogP contribution in [0.2, 0.25) is 10.0 Å². The van der Waals surface area contributed by atoms with E-state index in [1.54, 1.807) is 41.4 Å². The molecule has 1 aromatic heterocycles. The van der Waals surface area contributed by atoms with Crippen molar-refractivity contribution in [1.29, 1.82) is 0 Å². The Hall–Kier alpha value is -2.56. The number of amides is 1. The number of hydrogen-bond acceptors (Lipinski definition) is 2. The zero-order valence-electron chi connectivity index (χ0n) is 15.1. The molecule has 0 spiro atoms. The molecule has 0 saturated carbocycles. The summed E-state index contributed by atoms with van der Waals surface area (Å²) in [4.78, 5) is 27.9. The quantitative estimate of drug-likeness (QED) is 0.619. The molecule has 0 atom stereocenters. The van der Waals surface area contributed by atoms with Crippen molar-refractivity contribution in [1.82, 2.24) is 4.57 Å². The fourth-order valence-corrected chi connectivity index (χ4v) is 4.02. The van der Waals surface area contributed by atoms with Crippen molar-refractivity contribution in [2.75, 3.05) is 11.4 Å². The van der Waals surface area contributed by atoms with E-state index in [2.05, 4.69) is 0 Å². The van der Waals surface area contributed by atoms with E-state index in [1.807, 2.05) is 24.3 Å². The molecule has 2 aromatic carbocycles. The molecule has 0 fully saturated rings. The number of rotatable bonds is 3. The van der Waals surface area contributed by atoms with Gasteiger partial charge in [0.25, 0.3) is 11.5 Å². The third-order valence-corrected chi connectivity index (χ3v) is 5.55. The Labute approximate surface area is 172 Å². The van der Waals surface area contributed by atoms with Gasteiger partial charge in [0.15, 0.2) is 0 Å². The van der Waals surface area contributed by atoms with Gasteiger partial charge in [0.05, 0.1) is 6.54 Å². The van der Waals surface area contributed by atoms with Gasteiger partial charge in [-0.2, -0.15) is 0 Å². The van der Waals surface area contributed by atoms with Crippen molar-refractivity contribution in [3.63, 3.8) is 0 Å². The number of pyridine rings is 1. The third kappa shape index (κ3) is 3.58. The summed E-state index contributed by atoms with van der Waals surface area (Å²) >= 11 is 12.2. The highest BCUT2D eigenvalue weighted by Crippen LogP contribution is 2.27. The second-order valence-corrected chi connectivity index (χ2v) is 7.62. The standard InChI is InChI=1S/C22H18Cl2N2O2/c23-17-10-9-16(19(24)13-17)14-25-11-4-7-18(21(25)27)22(28)26-12-3-6-15-5-1-2-8-20(15)26/h1-2,4-5,7-11,13H,3,6,12,14H2. The summed E-state index contributed by atoms with van der Waals surface area (Å²) in [5, 5.41) is 1.02. The van der Waals surface area contributed by atoms with Crippen LogP contribution in [0.3, 0.4) is 0 Å². The number of fused-ring (bicyclic) bond motifs is 1. The fraction of sp³-hybridized carbons (Fsp3) is 0.182. The molecule has 0 saturated heterocycles. The van der Waals surface area contributed by atoms with Crippen LogP contribution in [0.25, 0.3) is 0 Å². The molecule has 4 rings (SSSR count). The van der Waals surface area contributed by atoms with Gasteiger partial charge in [-0.1, -0.05) is 47.5 Å². The number of aryl methyl sites for hydroxylation is 1. The predicted octanol–water partition coefficient (Wildman–Crippen LogP) is 4.80. The summed E-state index contributed by atoms with van der Waals surface area (Å²) in [7, 11) is 0. The molecule has 0 bridgehead atoms. The lowest BCUT2D eigenvalue weighted by Crippen LogP contribution is -2.39. The molecule has 4 nitrogen and oxygen atoms in total. The van der Waals surface area contributed by atoms with Crippen molar-refractivity contribution in [2.45, 2.75) is 19.4 Å². The molecule has 3 aromatic rings. The average Bonchev–Trinajstić information content (AvgIpc) is 2.70. The van der Waals surface area contributed by atoms with Gasteiger partial charge < -0.3 is 9.47 Å². The summed E-state index contributed by atoms with van der Waals surface area (Å²) in [6, 6.07) is 16.3. The normalized spacial score (nSPS) is 13.3. The van der Waals surface area contributed by atoms with Crippen molar-refractivity contribution >= 4 is 34.8 Å². The number of para-hydroxylation sites is 1. The Morgan fingerprint density at radius 3 is 2.68 bits per heavy atom. The van der Waals surface area contributed by atoms with E-state index in [1.165, 1.54) is 4.57 Å². The zero-order chi connectivity index (χ0) is 19.7. The van der Waals surface area contributed by atoms with Crippen LogP contribution in [0, 0.1) is 0 Å². The van der Waals surface area contributed by atoms with Gasteiger partial charge in [-0.05, 0) is 54.3 Å². The minimum absolute atomic E-state index is 0.157. The Morgan fingerprint density at radius 2 is 1.86 bits per heavy atom. The molecule has 1 aliphatic heterocycles. The van der Waals surface area contributed by atoms with E-state index in [9.17, 15) is 9.59 Å². The van der Waals surface area contributed by atoms with Crippen LogP contribution in [-0.2, 0) is 13.0 Å². The third-order valence-electron chi connectivity index (χ3n) is 4.96. The number of halogens is 2. The maximum Gasteiger partial charge on any atom is 0.263 e. The maximum atomic E-state index is 13.2. The molecule has 1 amide bonds. The van der Waals surface area contributed by atoms with Gasteiger partial charge in [-0.15, -0.1) is 0 Å². The van der Waals surface area contributed by atoms with Gasteiger partial charge in [0.2, 0.25) is 0 Å². The Balaban J connectivity index is 1.67. The van der Waals surface area contributed by atoms with Gasteiger partial charge in [0.1, 0.15) is 5.56 Å². The van der Waals surface area contributed by atoms with Gasteiger partial charge in [0, 0.05) is 28.5 Å². The summed E-state index contributed by atoms with van der Waals surface area (Å²) in [5.41, 5.74) is 2.60. The summed E-state index contributed by atoms with van der Waals surface area (Å²) < 4.78 is 1.50. The largest absolute Gasteiger partial charge is 0.310 e. The molecular weight excluding hydrogens is 395 g/mol. The summed E-state index contributed by atoms with van der Waals surface area (Å²) in [6.07, 6.45) is 3.48. The first-order chi connectivity index (χ1) is 13.5. The highest BCUT2D eigenvalue weighted by atomic mass is 35.5. The van der Waals surface area contributed by atoms with Gasteiger partial charge >= 0.3 is 0 Å². The van der Waals surface area contributed by atoms with E-state index in [4.69, 9.17) is 23.2 Å². The van der Waals surface area contributed by atoms with Crippen LogP contribution in [0.5, 0.6) is 0 Å². The Bertz CT molecular complexity index is 1110. The molecule has 0 radical (unpaired) electrons. The van der Waals surface area contributed by atoms with Crippen LogP contribution in [0.4, 0.5) is 5.69 Å². The van der Waals surface area contributed by atoms with Crippen LogP contribution in [0.15, 0.2) is 65.6 Å². The van der Waals surface area contributed by atoms with Crippen molar-refractivity contribution in [3.8, 4) is 0 Å². The highest BCUT2D eigenvalue weighted by Gasteiger charge is 2.25. The molecule has 0 unspecified atom stereocenters. The second kappa shape index (κ2) is 7.82. The zero-order valence-corrected chi connectivity index (χ0v) is 16.6. The lowest BCUT2D eigenvalue weighted by molar-refractivity contribution is 0.0983. The monoisotopic (exact) mass is 412 g/mol. The number of carbonyl (C=O) groups is 1. The molecule has 0 aliphatic carbocycles. The van der Waals surface area contributed by atoms with Crippen LogP contribution < -0.4 is 10.5 Å². The van der Waals surface area contributed by atoms with E-state index >= 15 is 0 Å². The van der Waals surface area contributed by atoms with Crippen molar-refractivity contribution in [2.24, 2.45) is 0 Å². The molecule has 2 heterocycles. The number of carbonyl (C=O) groups excluding carboxylic acids is 1. The molecule has 142 valence electrons. The number of anilines is 1. The van der Waals surface area contributed by atoms with E-state index in [0.29, 0.717) is 16.6 Å². The number of aromatic nitrogens is 1. The lowest BCUT2D eigenvalue weighted by atomic mass is 10.0. The van der Waals surface area contributed by atoms with Crippen molar-refractivity contribution < 1.29 is 4.79 Å². The molecule has 28 heavy (non-hydrogen) atoms. The Morgan fingerprint density at radius 1 is 1.04 bits per heavy atom. The van der Waals surface area contributed by atoms with Gasteiger partial charge in [-0.3, -0.25) is 9.59 Å². The Kier molecular flexibility index (Phi) is 5.25. The van der Waals surface area contributed by atoms with Crippen molar-refractivity contribution in [3.05, 3.63) is 97.9 Å². The number of hydrogen-bond donors (Lipinski definition) is 0. The minimum atomic E-state index is -0.332. The SMILES string of the molecule is O=C(c1cccn(Cc2ccc(Cl)cc2Cl)c1=O)N1CCCc2ccccc21. The maximum absolute atomic E-state index is 13.2. The molecule has 6 heteroatoms. The summed E-state index contributed by atoms with van der Waals surface area (Å²) in [5.74, 6) is -0.270. The van der Waals surface area contributed by atoms with Gasteiger partial charge in [-0.25, -0.2) is 0 Å². The minimum Gasteiger partial charge on any atom is -0.310 e. The first kappa shape index (κ1) is 18.8. The molecule has 0 N–H and O–H groups in total. The van der Waals surface area contributed by atoms with Crippen LogP contribution in [0.1, 0.15) is 27.9 Å². The smallest absolute Gasteiger partial charge is 0.263 e. The second-order valence-electron chi connectivity index (χ2n) is 6.78. The van der Waals surface area contributed by atoms with E-state index in [0.717, 1.165) is 29.7 Å². The van der Waals surface area contributed by atoms with E-state index < -0.39 is 0 Å². The fourth-order valence-electron chi connectivity index (χ4n) is 3.55. The highest BCUT2D eigenvalue weighted by molar-refractivity contribution is 6.35. The first-order valence-electron chi connectivity index (χ1n) is 9.08. The topological polar surface area (TPSA) is 42.3 Å². The first-order valence-corrected chi connectivity index (χ1v) is 9.83. The van der Waals surface area contributed by atoms with Crippen LogP contribution >= 0.6 is 23.2 Å². The number of benzene rings is 2. The average molecular weight is 413 g/mol. The predicted molar refractivity (Wildman–Crippen MR) is 113 cm³/mol. The van der Waals surface area contributed by atoms with E-state index in [-0.39, 0.29) is 23.6 Å².